The lowest BCUT2D eigenvalue weighted by molar-refractivity contribution is -0.157. The first-order valence-electron chi connectivity index (χ1n) is 7.94. The van der Waals surface area contributed by atoms with Gasteiger partial charge < -0.3 is 20.4 Å². The van der Waals surface area contributed by atoms with Crippen molar-refractivity contribution in [3.8, 4) is 0 Å². The number of aliphatic hydroxyl groups excluding tert-OH is 1. The van der Waals surface area contributed by atoms with E-state index in [0.29, 0.717) is 5.56 Å². The highest BCUT2D eigenvalue weighted by molar-refractivity contribution is 5.78. The van der Waals surface area contributed by atoms with E-state index in [1.165, 1.54) is 6.92 Å². The Labute approximate surface area is 148 Å². The van der Waals surface area contributed by atoms with Crippen LogP contribution in [-0.2, 0) is 16.0 Å². The molecule has 2 aromatic rings. The molecule has 0 aliphatic carbocycles. The van der Waals surface area contributed by atoms with Gasteiger partial charge >= 0.3 is 5.97 Å². The van der Waals surface area contributed by atoms with E-state index in [-0.39, 0.29) is 6.61 Å². The van der Waals surface area contributed by atoms with Crippen molar-refractivity contribution in [3.05, 3.63) is 70.8 Å². The van der Waals surface area contributed by atoms with Crippen molar-refractivity contribution in [1.82, 2.24) is 0 Å². The molecule has 0 aliphatic rings. The highest BCUT2D eigenvalue weighted by Crippen LogP contribution is 2.21. The van der Waals surface area contributed by atoms with Gasteiger partial charge in [-0.3, -0.25) is 0 Å². The fraction of sp³-hybridized carbons (Fsp3) is 0.350. The summed E-state index contributed by atoms with van der Waals surface area (Å²) in [4.78, 5) is 10.7. The maximum Gasteiger partial charge on any atom is 0.340 e. The number of carboxylic acids is 1. The summed E-state index contributed by atoms with van der Waals surface area (Å²) in [6.45, 7) is 6.42. The van der Waals surface area contributed by atoms with Crippen molar-refractivity contribution >= 4 is 5.97 Å². The summed E-state index contributed by atoms with van der Waals surface area (Å²) in [5.74, 6) is -1.24. The number of carbonyl (C=O) groups is 1. The number of aliphatic carboxylic acids is 1. The minimum absolute atomic E-state index is 0.254. The van der Waals surface area contributed by atoms with Crippen LogP contribution in [0.3, 0.4) is 0 Å². The summed E-state index contributed by atoms with van der Waals surface area (Å²) in [5, 5.41) is 36.9. The number of aliphatic hydroxyl groups is 3. The summed E-state index contributed by atoms with van der Waals surface area (Å²) < 4.78 is 0. The zero-order valence-electron chi connectivity index (χ0n) is 15.0. The minimum Gasteiger partial charge on any atom is -0.479 e. The fourth-order valence-corrected chi connectivity index (χ4v) is 2.14. The SMILES string of the molecule is Cc1cccc([C@@](C)(O)C(=O)O)c1.Cc1cccc([C@@](C)(O)CO)c1. The van der Waals surface area contributed by atoms with Crippen molar-refractivity contribution < 1.29 is 25.2 Å². The first-order chi connectivity index (χ1) is 11.5. The summed E-state index contributed by atoms with van der Waals surface area (Å²) in [6, 6.07) is 14.3. The van der Waals surface area contributed by atoms with Gasteiger partial charge in [-0.2, -0.15) is 0 Å². The lowest BCUT2D eigenvalue weighted by Gasteiger charge is -2.20. The van der Waals surface area contributed by atoms with Crippen LogP contribution in [-0.4, -0.2) is 33.0 Å². The van der Waals surface area contributed by atoms with Gasteiger partial charge in [0.1, 0.15) is 5.60 Å². The van der Waals surface area contributed by atoms with Gasteiger partial charge in [0.05, 0.1) is 6.61 Å². The van der Waals surface area contributed by atoms with E-state index >= 15 is 0 Å². The standard InChI is InChI=1S/C10H12O3.C10H14O2/c1-7-4-3-5-8(6-7)10(2,13)9(11)12;1-8-4-3-5-9(6-8)10(2,12)7-11/h3-6,13H,1-2H3,(H,11,12);3-6,11-12H,7H2,1-2H3/t2*10-/m10/s1. The van der Waals surface area contributed by atoms with E-state index in [1.807, 2.05) is 44.2 Å². The van der Waals surface area contributed by atoms with Gasteiger partial charge in [-0.25, -0.2) is 4.79 Å². The van der Waals surface area contributed by atoms with Crippen molar-refractivity contribution in [3.63, 3.8) is 0 Å². The topological polar surface area (TPSA) is 98.0 Å². The molecule has 5 heteroatoms. The molecule has 4 N–H and O–H groups in total. The third kappa shape index (κ3) is 5.67. The third-order valence-corrected chi connectivity index (χ3v) is 3.94. The second-order valence-electron chi connectivity index (χ2n) is 6.55. The van der Waals surface area contributed by atoms with Crippen molar-refractivity contribution in [1.29, 1.82) is 0 Å². The maximum atomic E-state index is 10.7. The molecule has 136 valence electrons. The Kier molecular flexibility index (Phi) is 6.87. The minimum atomic E-state index is -1.80. The Morgan fingerprint density at radius 1 is 0.920 bits per heavy atom. The summed E-state index contributed by atoms with van der Waals surface area (Å²) >= 11 is 0. The fourth-order valence-electron chi connectivity index (χ4n) is 2.14. The first-order valence-corrected chi connectivity index (χ1v) is 7.94. The number of benzene rings is 2. The molecular weight excluding hydrogens is 320 g/mol. The molecule has 0 aliphatic heterocycles. The van der Waals surface area contributed by atoms with Crippen LogP contribution < -0.4 is 0 Å². The van der Waals surface area contributed by atoms with Gasteiger partial charge in [0.2, 0.25) is 0 Å². The van der Waals surface area contributed by atoms with E-state index < -0.39 is 17.2 Å². The lowest BCUT2D eigenvalue weighted by atomic mass is 9.95. The molecule has 0 amide bonds. The molecular formula is C20H26O5. The van der Waals surface area contributed by atoms with Gasteiger partial charge in [0.25, 0.3) is 0 Å². The van der Waals surface area contributed by atoms with Crippen LogP contribution in [0.1, 0.15) is 36.1 Å². The molecule has 0 spiro atoms. The number of hydrogen-bond donors (Lipinski definition) is 4. The normalized spacial score (nSPS) is 15.3. The van der Waals surface area contributed by atoms with Gasteiger partial charge in [-0.15, -0.1) is 0 Å². The Hall–Kier alpha value is -2.21. The monoisotopic (exact) mass is 346 g/mol. The summed E-state index contributed by atoms with van der Waals surface area (Å²) in [5.41, 5.74) is 0.253. The van der Waals surface area contributed by atoms with Crippen LogP contribution in [0.15, 0.2) is 48.5 Å². The molecule has 0 saturated carbocycles. The predicted molar refractivity (Wildman–Crippen MR) is 96.2 cm³/mol. The zero-order valence-corrected chi connectivity index (χ0v) is 15.0. The van der Waals surface area contributed by atoms with E-state index in [2.05, 4.69) is 0 Å². The van der Waals surface area contributed by atoms with E-state index in [1.54, 1.807) is 25.1 Å². The summed E-state index contributed by atoms with van der Waals surface area (Å²) in [7, 11) is 0. The van der Waals surface area contributed by atoms with Crippen LogP contribution in [0.4, 0.5) is 0 Å². The largest absolute Gasteiger partial charge is 0.479 e. The van der Waals surface area contributed by atoms with Crippen molar-refractivity contribution in [2.24, 2.45) is 0 Å². The molecule has 5 nitrogen and oxygen atoms in total. The van der Waals surface area contributed by atoms with Crippen LogP contribution in [0.25, 0.3) is 0 Å². The van der Waals surface area contributed by atoms with Gasteiger partial charge in [0, 0.05) is 0 Å². The second kappa shape index (κ2) is 8.25. The number of rotatable bonds is 4. The quantitative estimate of drug-likeness (QED) is 0.682. The molecule has 25 heavy (non-hydrogen) atoms. The van der Waals surface area contributed by atoms with E-state index in [4.69, 9.17) is 10.2 Å². The Morgan fingerprint density at radius 3 is 1.76 bits per heavy atom. The summed E-state index contributed by atoms with van der Waals surface area (Å²) in [6.07, 6.45) is 0. The molecule has 0 aromatic heterocycles. The van der Waals surface area contributed by atoms with Gasteiger partial charge in [-0.05, 0) is 38.8 Å². The number of aryl methyl sites for hydroxylation is 2. The maximum absolute atomic E-state index is 10.7. The van der Waals surface area contributed by atoms with E-state index in [0.717, 1.165) is 16.7 Å². The molecule has 0 heterocycles. The van der Waals surface area contributed by atoms with Crippen LogP contribution in [0, 0.1) is 13.8 Å². The first kappa shape index (κ1) is 20.8. The van der Waals surface area contributed by atoms with Crippen molar-refractivity contribution in [2.75, 3.05) is 6.61 Å². The van der Waals surface area contributed by atoms with E-state index in [9.17, 15) is 15.0 Å². The lowest BCUT2D eigenvalue weighted by Crippen LogP contribution is -2.31. The Balaban J connectivity index is 0.000000251. The van der Waals surface area contributed by atoms with Crippen LogP contribution in [0.2, 0.25) is 0 Å². The highest BCUT2D eigenvalue weighted by atomic mass is 16.4. The molecule has 0 unspecified atom stereocenters. The molecule has 0 saturated heterocycles. The smallest absolute Gasteiger partial charge is 0.340 e. The van der Waals surface area contributed by atoms with Gasteiger partial charge in [0.15, 0.2) is 5.60 Å². The van der Waals surface area contributed by atoms with Gasteiger partial charge in [-0.1, -0.05) is 59.7 Å². The molecule has 2 aromatic carbocycles. The Bertz CT molecular complexity index is 720. The third-order valence-electron chi connectivity index (χ3n) is 3.94. The molecule has 0 fully saturated rings. The van der Waals surface area contributed by atoms with Crippen LogP contribution >= 0.6 is 0 Å². The van der Waals surface area contributed by atoms with Crippen LogP contribution in [0.5, 0.6) is 0 Å². The average Bonchev–Trinajstić information content (AvgIpc) is 2.55. The van der Waals surface area contributed by atoms with Crippen molar-refractivity contribution in [2.45, 2.75) is 38.9 Å². The predicted octanol–water partition coefficient (Wildman–Crippen LogP) is 2.48. The number of carboxylic acid groups (broad SMARTS) is 1. The average molecular weight is 346 g/mol. The molecule has 0 radical (unpaired) electrons. The zero-order chi connectivity index (χ0) is 19.3. The molecule has 2 rings (SSSR count). The number of hydrogen-bond acceptors (Lipinski definition) is 4. The highest BCUT2D eigenvalue weighted by Gasteiger charge is 2.31. The molecule has 0 bridgehead atoms. The Morgan fingerprint density at radius 2 is 1.36 bits per heavy atom. The molecule has 2 atom stereocenters. The second-order valence-corrected chi connectivity index (χ2v) is 6.55.